The summed E-state index contributed by atoms with van der Waals surface area (Å²) in [5.41, 5.74) is 0.236. The largest absolute Gasteiger partial charge is 0.406 e. The van der Waals surface area contributed by atoms with Gasteiger partial charge in [0.2, 0.25) is 5.91 Å². The molecule has 0 fully saturated rings. The van der Waals surface area contributed by atoms with E-state index in [0.717, 1.165) is 4.90 Å². The van der Waals surface area contributed by atoms with Crippen LogP contribution in [0.1, 0.15) is 37.0 Å². The van der Waals surface area contributed by atoms with E-state index in [9.17, 15) is 22.8 Å². The molecule has 0 aliphatic heterocycles. The number of carbonyl (C=O) groups is 2. The summed E-state index contributed by atoms with van der Waals surface area (Å²) in [5.74, 6) is -1.47. The Bertz CT molecular complexity index is 615. The molecular formula is C15H23F3N4O2. The number of likely N-dealkylation sites (N-methyl/N-ethyl adjacent to an activating group) is 1. The predicted octanol–water partition coefficient (Wildman–Crippen LogP) is 1.81. The number of halogens is 3. The fraction of sp³-hybridized carbons (Fsp3) is 0.667. The average Bonchev–Trinajstić information content (AvgIpc) is 2.77. The Balaban J connectivity index is 3.16. The number of aromatic nitrogens is 2. The van der Waals surface area contributed by atoms with Crippen molar-refractivity contribution in [3.63, 3.8) is 0 Å². The molecule has 1 heterocycles. The number of alkyl halides is 3. The van der Waals surface area contributed by atoms with Crippen LogP contribution in [0.5, 0.6) is 0 Å². The summed E-state index contributed by atoms with van der Waals surface area (Å²) in [7, 11) is 4.32. The normalized spacial score (nSPS) is 12.2. The van der Waals surface area contributed by atoms with Gasteiger partial charge in [0.25, 0.3) is 5.91 Å². The Morgan fingerprint density at radius 1 is 1.21 bits per heavy atom. The Labute approximate surface area is 139 Å². The number of amides is 2. The highest BCUT2D eigenvalue weighted by Gasteiger charge is 2.36. The smallest absolute Gasteiger partial charge is 0.347 e. The Hall–Kier alpha value is -2.06. The van der Waals surface area contributed by atoms with E-state index in [1.165, 1.54) is 31.9 Å². The van der Waals surface area contributed by atoms with E-state index in [1.54, 1.807) is 0 Å². The maximum atomic E-state index is 12.8. The second-order valence-electron chi connectivity index (χ2n) is 6.85. The molecule has 136 valence electrons. The van der Waals surface area contributed by atoms with E-state index in [4.69, 9.17) is 0 Å². The highest BCUT2D eigenvalue weighted by Crippen LogP contribution is 2.23. The number of aryl methyl sites for hydroxylation is 1. The van der Waals surface area contributed by atoms with Crippen molar-refractivity contribution in [2.75, 3.05) is 27.2 Å². The van der Waals surface area contributed by atoms with E-state index in [1.807, 2.05) is 20.8 Å². The summed E-state index contributed by atoms with van der Waals surface area (Å²) in [6.45, 7) is 3.49. The summed E-state index contributed by atoms with van der Waals surface area (Å²) < 4.78 is 39.6. The Kier molecular flexibility index (Phi) is 5.68. The van der Waals surface area contributed by atoms with Gasteiger partial charge in [-0.25, -0.2) is 0 Å². The second-order valence-corrected chi connectivity index (χ2v) is 6.85. The minimum absolute atomic E-state index is 0.00994. The number of hydrogen-bond donors (Lipinski definition) is 0. The average molecular weight is 348 g/mol. The quantitative estimate of drug-likeness (QED) is 0.834. The summed E-state index contributed by atoms with van der Waals surface area (Å²) in [5, 5.41) is 4.19. The van der Waals surface area contributed by atoms with Gasteiger partial charge < -0.3 is 9.80 Å². The van der Waals surface area contributed by atoms with Crippen molar-refractivity contribution >= 4 is 11.8 Å². The van der Waals surface area contributed by atoms with Gasteiger partial charge in [-0.05, 0) is 6.07 Å². The summed E-state index contributed by atoms with van der Waals surface area (Å²) in [6, 6.07) is 1.46. The third-order valence-corrected chi connectivity index (χ3v) is 3.35. The van der Waals surface area contributed by atoms with Gasteiger partial charge in [0.1, 0.15) is 18.8 Å². The molecule has 0 spiro atoms. The number of nitrogens with zero attached hydrogens (tertiary/aromatic N) is 4. The lowest BCUT2D eigenvalue weighted by Gasteiger charge is -2.24. The molecule has 0 atom stereocenters. The molecule has 0 aliphatic carbocycles. The first-order valence-corrected chi connectivity index (χ1v) is 7.33. The van der Waals surface area contributed by atoms with Gasteiger partial charge >= 0.3 is 6.18 Å². The zero-order valence-corrected chi connectivity index (χ0v) is 14.7. The van der Waals surface area contributed by atoms with Crippen molar-refractivity contribution in [2.24, 2.45) is 7.05 Å². The van der Waals surface area contributed by atoms with E-state index in [0.29, 0.717) is 10.6 Å². The molecule has 9 heteroatoms. The third kappa shape index (κ3) is 5.24. The maximum Gasteiger partial charge on any atom is 0.406 e. The molecule has 0 saturated heterocycles. The van der Waals surface area contributed by atoms with E-state index in [2.05, 4.69) is 5.10 Å². The first kappa shape index (κ1) is 20.0. The molecule has 24 heavy (non-hydrogen) atoms. The molecule has 1 rings (SSSR count). The molecule has 0 aromatic carbocycles. The van der Waals surface area contributed by atoms with Crippen LogP contribution in [0.15, 0.2) is 6.07 Å². The second kappa shape index (κ2) is 6.82. The van der Waals surface area contributed by atoms with Gasteiger partial charge in [-0.1, -0.05) is 20.8 Å². The van der Waals surface area contributed by atoms with E-state index < -0.39 is 31.1 Å². The molecule has 1 aromatic heterocycles. The lowest BCUT2D eigenvalue weighted by atomic mass is 9.92. The van der Waals surface area contributed by atoms with Crippen LogP contribution < -0.4 is 0 Å². The molecule has 0 unspecified atom stereocenters. The van der Waals surface area contributed by atoms with Crippen LogP contribution >= 0.6 is 0 Å². The van der Waals surface area contributed by atoms with Gasteiger partial charge in [0, 0.05) is 26.6 Å². The molecular weight excluding hydrogens is 325 g/mol. The maximum absolute atomic E-state index is 12.8. The number of hydrogen-bond acceptors (Lipinski definition) is 3. The molecule has 0 radical (unpaired) electrons. The van der Waals surface area contributed by atoms with Crippen LogP contribution in [0.4, 0.5) is 13.2 Å². The highest BCUT2D eigenvalue weighted by atomic mass is 19.4. The SMILES string of the molecule is CN(C)C(=O)CN(CC(F)(F)F)C(=O)c1cc(C(C)(C)C)nn1C. The summed E-state index contributed by atoms with van der Waals surface area (Å²) >= 11 is 0. The van der Waals surface area contributed by atoms with Crippen molar-refractivity contribution in [3.8, 4) is 0 Å². The zero-order valence-electron chi connectivity index (χ0n) is 14.7. The molecule has 0 bridgehead atoms. The van der Waals surface area contributed by atoms with Crippen molar-refractivity contribution in [3.05, 3.63) is 17.5 Å². The number of rotatable bonds is 4. The predicted molar refractivity (Wildman–Crippen MR) is 82.6 cm³/mol. The molecule has 0 aliphatic rings. The molecule has 1 aromatic rings. The van der Waals surface area contributed by atoms with Crippen molar-refractivity contribution in [1.82, 2.24) is 19.6 Å². The minimum Gasteiger partial charge on any atom is -0.347 e. The first-order valence-electron chi connectivity index (χ1n) is 7.33. The van der Waals surface area contributed by atoms with Crippen LogP contribution in [-0.4, -0.2) is 64.8 Å². The Morgan fingerprint density at radius 2 is 1.75 bits per heavy atom. The standard InChI is InChI=1S/C15H23F3N4O2/c1-14(2,3)11-7-10(21(6)19-11)13(24)22(9-15(16,17)18)8-12(23)20(4)5/h7H,8-9H2,1-6H3. The van der Waals surface area contributed by atoms with Crippen LogP contribution in [0.2, 0.25) is 0 Å². The third-order valence-electron chi connectivity index (χ3n) is 3.35. The van der Waals surface area contributed by atoms with Gasteiger partial charge in [0.15, 0.2) is 0 Å². The van der Waals surface area contributed by atoms with Gasteiger partial charge in [-0.3, -0.25) is 14.3 Å². The van der Waals surface area contributed by atoms with Gasteiger partial charge in [0.05, 0.1) is 5.69 Å². The lowest BCUT2D eigenvalue weighted by Crippen LogP contribution is -2.45. The molecule has 6 nitrogen and oxygen atoms in total. The van der Waals surface area contributed by atoms with Gasteiger partial charge in [-0.2, -0.15) is 18.3 Å². The monoisotopic (exact) mass is 348 g/mol. The topological polar surface area (TPSA) is 58.4 Å². The van der Waals surface area contributed by atoms with E-state index >= 15 is 0 Å². The molecule has 0 saturated carbocycles. The minimum atomic E-state index is -4.60. The van der Waals surface area contributed by atoms with E-state index in [-0.39, 0.29) is 11.1 Å². The van der Waals surface area contributed by atoms with Crippen LogP contribution in [0.25, 0.3) is 0 Å². The molecule has 2 amide bonds. The van der Waals surface area contributed by atoms with Crippen LogP contribution in [0.3, 0.4) is 0 Å². The van der Waals surface area contributed by atoms with Crippen molar-refractivity contribution in [1.29, 1.82) is 0 Å². The fourth-order valence-electron chi connectivity index (χ4n) is 1.92. The van der Waals surface area contributed by atoms with Crippen LogP contribution in [-0.2, 0) is 17.3 Å². The lowest BCUT2D eigenvalue weighted by molar-refractivity contribution is -0.146. The number of carbonyl (C=O) groups excluding carboxylic acids is 2. The summed E-state index contributed by atoms with van der Waals surface area (Å²) in [6.07, 6.45) is -4.60. The van der Waals surface area contributed by atoms with Crippen LogP contribution in [0, 0.1) is 0 Å². The highest BCUT2D eigenvalue weighted by molar-refractivity contribution is 5.95. The van der Waals surface area contributed by atoms with Crippen molar-refractivity contribution in [2.45, 2.75) is 32.4 Å². The fourth-order valence-corrected chi connectivity index (χ4v) is 1.92. The van der Waals surface area contributed by atoms with Gasteiger partial charge in [-0.15, -0.1) is 0 Å². The zero-order chi connectivity index (χ0) is 18.9. The summed E-state index contributed by atoms with van der Waals surface area (Å²) in [4.78, 5) is 25.9. The van der Waals surface area contributed by atoms with Crippen molar-refractivity contribution < 1.29 is 22.8 Å². The molecule has 0 N–H and O–H groups in total. The Morgan fingerprint density at radius 3 is 2.12 bits per heavy atom. The first-order chi connectivity index (χ1) is 10.7.